The zero-order valence-electron chi connectivity index (χ0n) is 16.0. The van der Waals surface area contributed by atoms with Gasteiger partial charge in [0, 0.05) is 30.6 Å². The van der Waals surface area contributed by atoms with Crippen LogP contribution in [0, 0.1) is 0 Å². The summed E-state index contributed by atoms with van der Waals surface area (Å²) in [6, 6.07) is 8.38. The SMILES string of the molecule is COc1ccc(NC(=O)c2cc(Cl)c3c(c2)OCCCO3)cc1N1CCCC1=O. The molecule has 2 aliphatic heterocycles. The highest BCUT2D eigenvalue weighted by Gasteiger charge is 2.25. The second kappa shape index (κ2) is 8.21. The summed E-state index contributed by atoms with van der Waals surface area (Å²) < 4.78 is 16.6. The molecule has 8 heteroatoms. The second-order valence-electron chi connectivity index (χ2n) is 6.83. The van der Waals surface area contributed by atoms with Gasteiger partial charge in [-0.1, -0.05) is 11.6 Å². The molecule has 2 heterocycles. The van der Waals surface area contributed by atoms with Crippen molar-refractivity contribution >= 4 is 34.8 Å². The Hall–Kier alpha value is -2.93. The molecule has 0 spiro atoms. The van der Waals surface area contributed by atoms with E-state index in [1.54, 1.807) is 42.3 Å². The minimum Gasteiger partial charge on any atom is -0.495 e. The standard InChI is InChI=1S/C21H21ClN2O5/c1-27-17-6-5-14(12-16(17)24-7-2-4-19(24)25)23-21(26)13-10-15(22)20-18(11-13)28-8-3-9-29-20/h5-6,10-12H,2-4,7-9H2,1H3,(H,23,26). The quantitative estimate of drug-likeness (QED) is 0.818. The van der Waals surface area contributed by atoms with Crippen LogP contribution in [0.3, 0.4) is 0 Å². The fraction of sp³-hybridized carbons (Fsp3) is 0.333. The van der Waals surface area contributed by atoms with Crippen molar-refractivity contribution in [3.8, 4) is 17.2 Å². The molecule has 0 bridgehead atoms. The Balaban J connectivity index is 1.59. The van der Waals surface area contributed by atoms with Crippen molar-refractivity contribution in [2.75, 3.05) is 37.1 Å². The van der Waals surface area contributed by atoms with Crippen LogP contribution in [0.2, 0.25) is 5.02 Å². The molecule has 2 aromatic carbocycles. The number of hydrogen-bond acceptors (Lipinski definition) is 5. The highest BCUT2D eigenvalue weighted by Crippen LogP contribution is 2.38. The number of carbonyl (C=O) groups excluding carboxylic acids is 2. The van der Waals surface area contributed by atoms with E-state index in [9.17, 15) is 9.59 Å². The van der Waals surface area contributed by atoms with Crippen molar-refractivity contribution in [2.45, 2.75) is 19.3 Å². The van der Waals surface area contributed by atoms with E-state index in [1.807, 2.05) is 0 Å². The molecular formula is C21H21ClN2O5. The number of methoxy groups -OCH3 is 1. The Bertz CT molecular complexity index is 962. The largest absolute Gasteiger partial charge is 0.495 e. The van der Waals surface area contributed by atoms with Gasteiger partial charge in [0.15, 0.2) is 11.5 Å². The Morgan fingerprint density at radius 3 is 2.76 bits per heavy atom. The van der Waals surface area contributed by atoms with Crippen LogP contribution in [0.25, 0.3) is 0 Å². The van der Waals surface area contributed by atoms with Gasteiger partial charge in [-0.25, -0.2) is 0 Å². The van der Waals surface area contributed by atoms with E-state index >= 15 is 0 Å². The number of ether oxygens (including phenoxy) is 3. The van der Waals surface area contributed by atoms with Gasteiger partial charge in [-0.15, -0.1) is 0 Å². The van der Waals surface area contributed by atoms with Crippen molar-refractivity contribution in [3.05, 3.63) is 40.9 Å². The number of hydrogen-bond donors (Lipinski definition) is 1. The molecule has 4 rings (SSSR count). The van der Waals surface area contributed by atoms with Crippen molar-refractivity contribution in [3.63, 3.8) is 0 Å². The number of benzene rings is 2. The molecule has 1 fully saturated rings. The molecule has 1 N–H and O–H groups in total. The van der Waals surface area contributed by atoms with Gasteiger partial charge < -0.3 is 24.4 Å². The Labute approximate surface area is 173 Å². The highest BCUT2D eigenvalue weighted by atomic mass is 35.5. The average Bonchev–Trinajstić information content (AvgIpc) is 2.99. The van der Waals surface area contributed by atoms with Gasteiger partial charge in [0.25, 0.3) is 5.91 Å². The van der Waals surface area contributed by atoms with Crippen LogP contribution in [-0.4, -0.2) is 38.7 Å². The second-order valence-corrected chi connectivity index (χ2v) is 7.23. The maximum atomic E-state index is 12.8. The lowest BCUT2D eigenvalue weighted by Crippen LogP contribution is -2.24. The first-order valence-corrected chi connectivity index (χ1v) is 9.83. The highest BCUT2D eigenvalue weighted by molar-refractivity contribution is 6.32. The fourth-order valence-electron chi connectivity index (χ4n) is 3.45. The smallest absolute Gasteiger partial charge is 0.255 e. The van der Waals surface area contributed by atoms with Gasteiger partial charge in [0.05, 0.1) is 31.0 Å². The number of nitrogens with zero attached hydrogens (tertiary/aromatic N) is 1. The molecule has 2 aromatic rings. The third-order valence-corrected chi connectivity index (χ3v) is 5.15. The van der Waals surface area contributed by atoms with Gasteiger partial charge in [-0.2, -0.15) is 0 Å². The van der Waals surface area contributed by atoms with Gasteiger partial charge in [0.2, 0.25) is 5.91 Å². The minimum atomic E-state index is -0.341. The minimum absolute atomic E-state index is 0.0430. The molecule has 29 heavy (non-hydrogen) atoms. The van der Waals surface area contributed by atoms with E-state index < -0.39 is 0 Å². The predicted octanol–water partition coefficient (Wildman–Crippen LogP) is 3.89. The van der Waals surface area contributed by atoms with Gasteiger partial charge in [0.1, 0.15) is 5.75 Å². The summed E-state index contributed by atoms with van der Waals surface area (Å²) in [5.41, 5.74) is 1.55. The lowest BCUT2D eigenvalue weighted by molar-refractivity contribution is -0.117. The number of carbonyl (C=O) groups is 2. The van der Waals surface area contributed by atoms with Crippen molar-refractivity contribution in [1.82, 2.24) is 0 Å². The lowest BCUT2D eigenvalue weighted by Gasteiger charge is -2.20. The summed E-state index contributed by atoms with van der Waals surface area (Å²) in [6.07, 6.45) is 2.06. The van der Waals surface area contributed by atoms with Crippen LogP contribution in [0.15, 0.2) is 30.3 Å². The zero-order chi connectivity index (χ0) is 20.4. The van der Waals surface area contributed by atoms with Crippen LogP contribution >= 0.6 is 11.6 Å². The van der Waals surface area contributed by atoms with E-state index in [0.29, 0.717) is 65.4 Å². The van der Waals surface area contributed by atoms with Crippen molar-refractivity contribution < 1.29 is 23.8 Å². The molecule has 0 saturated carbocycles. The van der Waals surface area contributed by atoms with Crippen LogP contribution < -0.4 is 24.4 Å². The predicted molar refractivity (Wildman–Crippen MR) is 110 cm³/mol. The first kappa shape index (κ1) is 19.4. The van der Waals surface area contributed by atoms with Gasteiger partial charge >= 0.3 is 0 Å². The molecule has 0 unspecified atom stereocenters. The summed E-state index contributed by atoms with van der Waals surface area (Å²) in [5.74, 6) is 1.20. The van der Waals surface area contributed by atoms with E-state index in [2.05, 4.69) is 5.32 Å². The van der Waals surface area contributed by atoms with Gasteiger partial charge in [-0.3, -0.25) is 9.59 Å². The Kier molecular flexibility index (Phi) is 5.49. The summed E-state index contributed by atoms with van der Waals surface area (Å²) in [6.45, 7) is 1.65. The van der Waals surface area contributed by atoms with Crippen LogP contribution in [0.1, 0.15) is 29.6 Å². The molecule has 0 aliphatic carbocycles. The van der Waals surface area contributed by atoms with E-state index in [1.165, 1.54) is 0 Å². The van der Waals surface area contributed by atoms with Crippen LogP contribution in [-0.2, 0) is 4.79 Å². The van der Waals surface area contributed by atoms with Crippen LogP contribution in [0.4, 0.5) is 11.4 Å². The molecule has 0 atom stereocenters. The monoisotopic (exact) mass is 416 g/mol. The summed E-state index contributed by atoms with van der Waals surface area (Å²) >= 11 is 6.29. The topological polar surface area (TPSA) is 77.1 Å². The number of halogens is 1. The van der Waals surface area contributed by atoms with Crippen molar-refractivity contribution in [1.29, 1.82) is 0 Å². The molecule has 2 aliphatic rings. The summed E-state index contributed by atoms with van der Waals surface area (Å²) in [7, 11) is 1.55. The number of amides is 2. The van der Waals surface area contributed by atoms with Crippen LogP contribution in [0.5, 0.6) is 17.2 Å². The molecule has 0 radical (unpaired) electrons. The first-order chi connectivity index (χ1) is 14.1. The van der Waals surface area contributed by atoms with E-state index in [4.69, 9.17) is 25.8 Å². The number of nitrogens with one attached hydrogen (secondary N) is 1. The van der Waals surface area contributed by atoms with Crippen molar-refractivity contribution in [2.24, 2.45) is 0 Å². The number of fused-ring (bicyclic) bond motifs is 1. The normalized spacial score (nSPS) is 15.8. The Morgan fingerprint density at radius 2 is 2.00 bits per heavy atom. The fourth-order valence-corrected chi connectivity index (χ4v) is 3.71. The molecule has 1 saturated heterocycles. The molecular weight excluding hydrogens is 396 g/mol. The van der Waals surface area contributed by atoms with Gasteiger partial charge in [-0.05, 0) is 36.8 Å². The molecule has 152 valence electrons. The Morgan fingerprint density at radius 1 is 1.17 bits per heavy atom. The lowest BCUT2D eigenvalue weighted by atomic mass is 10.1. The maximum absolute atomic E-state index is 12.8. The van der Waals surface area contributed by atoms with E-state index in [-0.39, 0.29) is 11.8 Å². The third kappa shape index (κ3) is 3.96. The summed E-state index contributed by atoms with van der Waals surface area (Å²) in [5, 5.41) is 3.18. The molecule has 7 nitrogen and oxygen atoms in total. The third-order valence-electron chi connectivity index (χ3n) is 4.87. The average molecular weight is 417 g/mol. The summed E-state index contributed by atoms with van der Waals surface area (Å²) in [4.78, 5) is 26.6. The maximum Gasteiger partial charge on any atom is 0.255 e. The molecule has 2 amide bonds. The number of rotatable bonds is 4. The molecule has 0 aromatic heterocycles. The first-order valence-electron chi connectivity index (χ1n) is 9.45. The van der Waals surface area contributed by atoms with E-state index in [0.717, 1.165) is 12.8 Å². The zero-order valence-corrected chi connectivity index (χ0v) is 16.8. The number of anilines is 2.